The summed E-state index contributed by atoms with van der Waals surface area (Å²) in [5.74, 6) is 0.613. The molecule has 1 aromatic heterocycles. The van der Waals surface area contributed by atoms with E-state index in [2.05, 4.69) is 6.92 Å². The predicted molar refractivity (Wildman–Crippen MR) is 120 cm³/mol. The molecule has 0 aliphatic carbocycles. The molecule has 1 unspecified atom stereocenters. The second kappa shape index (κ2) is 11.2. The van der Waals surface area contributed by atoms with Crippen molar-refractivity contribution in [1.82, 2.24) is 4.57 Å². The standard InChI is InChI=1S/C24H31NO7/c1-5-17-11-16-12-23(32-10-9-30-8-7-28-3)22(29-4)13-18(16)20-14-21(26)19(15-25(17)20)24(27)31-6-2/h12-15,17H,5-11H2,1-4H3. The summed E-state index contributed by atoms with van der Waals surface area (Å²) >= 11 is 0. The maximum Gasteiger partial charge on any atom is 0.343 e. The Labute approximate surface area is 188 Å². The maximum absolute atomic E-state index is 12.7. The van der Waals surface area contributed by atoms with E-state index in [0.29, 0.717) is 37.9 Å². The lowest BCUT2D eigenvalue weighted by molar-refractivity contribution is 0.0523. The Kier molecular flexibility index (Phi) is 8.30. The van der Waals surface area contributed by atoms with Crippen LogP contribution in [0.25, 0.3) is 11.3 Å². The van der Waals surface area contributed by atoms with E-state index in [1.54, 1.807) is 27.3 Å². The fourth-order valence-corrected chi connectivity index (χ4v) is 3.86. The molecule has 2 aromatic rings. The van der Waals surface area contributed by atoms with Crippen LogP contribution in [-0.2, 0) is 20.6 Å². The van der Waals surface area contributed by atoms with Crippen molar-refractivity contribution >= 4 is 5.97 Å². The number of ether oxygens (including phenoxy) is 5. The van der Waals surface area contributed by atoms with Gasteiger partial charge in [-0.15, -0.1) is 0 Å². The number of pyridine rings is 1. The summed E-state index contributed by atoms with van der Waals surface area (Å²) in [4.78, 5) is 24.9. The Balaban J connectivity index is 1.93. The van der Waals surface area contributed by atoms with Crippen LogP contribution in [0.2, 0.25) is 0 Å². The van der Waals surface area contributed by atoms with Crippen LogP contribution in [0.5, 0.6) is 11.5 Å². The highest BCUT2D eigenvalue weighted by atomic mass is 16.5. The quantitative estimate of drug-likeness (QED) is 0.388. The highest BCUT2D eigenvalue weighted by Crippen LogP contribution is 2.41. The van der Waals surface area contributed by atoms with E-state index in [1.807, 2.05) is 16.7 Å². The minimum atomic E-state index is -0.595. The molecular weight excluding hydrogens is 414 g/mol. The number of hydrogen-bond acceptors (Lipinski definition) is 7. The number of aromatic nitrogens is 1. The van der Waals surface area contributed by atoms with Gasteiger partial charge in [0.2, 0.25) is 0 Å². The van der Waals surface area contributed by atoms with Gasteiger partial charge in [0.05, 0.1) is 39.2 Å². The van der Waals surface area contributed by atoms with E-state index < -0.39 is 5.97 Å². The van der Waals surface area contributed by atoms with E-state index in [4.69, 9.17) is 23.7 Å². The van der Waals surface area contributed by atoms with Gasteiger partial charge >= 0.3 is 5.97 Å². The summed E-state index contributed by atoms with van der Waals surface area (Å²) in [6.45, 7) is 5.90. The fraction of sp³-hybridized carbons (Fsp3) is 0.500. The van der Waals surface area contributed by atoms with Crippen molar-refractivity contribution in [3.8, 4) is 22.8 Å². The molecule has 1 aliphatic heterocycles. The van der Waals surface area contributed by atoms with Crippen LogP contribution in [-0.4, -0.2) is 57.8 Å². The van der Waals surface area contributed by atoms with Crippen molar-refractivity contribution in [2.24, 2.45) is 0 Å². The van der Waals surface area contributed by atoms with Gasteiger partial charge in [-0.25, -0.2) is 4.79 Å². The first-order chi connectivity index (χ1) is 15.5. The van der Waals surface area contributed by atoms with Gasteiger partial charge in [0.1, 0.15) is 12.2 Å². The van der Waals surface area contributed by atoms with Crippen molar-refractivity contribution in [1.29, 1.82) is 0 Å². The molecule has 0 saturated carbocycles. The number of benzene rings is 1. The number of carbonyl (C=O) groups excluding carboxylic acids is 1. The molecule has 3 rings (SSSR count). The Hall–Kier alpha value is -2.84. The van der Waals surface area contributed by atoms with Crippen molar-refractivity contribution in [3.63, 3.8) is 0 Å². The van der Waals surface area contributed by atoms with Crippen molar-refractivity contribution in [2.45, 2.75) is 32.7 Å². The average molecular weight is 446 g/mol. The number of esters is 1. The Bertz CT molecular complexity index is 999. The third-order valence-electron chi connectivity index (χ3n) is 5.48. The van der Waals surface area contributed by atoms with Gasteiger partial charge in [-0.2, -0.15) is 0 Å². The second-order valence-electron chi connectivity index (χ2n) is 7.44. The van der Waals surface area contributed by atoms with Gasteiger partial charge in [-0.05, 0) is 37.5 Å². The number of rotatable bonds is 11. The molecule has 1 atom stereocenters. The predicted octanol–water partition coefficient (Wildman–Crippen LogP) is 3.25. The van der Waals surface area contributed by atoms with E-state index in [1.165, 1.54) is 6.07 Å². The van der Waals surface area contributed by atoms with E-state index in [9.17, 15) is 9.59 Å². The first kappa shape index (κ1) is 23.8. The van der Waals surface area contributed by atoms with Gasteiger partial charge in [0.25, 0.3) is 0 Å². The van der Waals surface area contributed by atoms with Gasteiger partial charge < -0.3 is 28.3 Å². The molecule has 0 N–H and O–H groups in total. The summed E-state index contributed by atoms with van der Waals surface area (Å²) in [5, 5.41) is 0. The zero-order valence-electron chi connectivity index (χ0n) is 19.1. The number of methoxy groups -OCH3 is 2. The van der Waals surface area contributed by atoms with Crippen molar-refractivity contribution < 1.29 is 28.5 Å². The largest absolute Gasteiger partial charge is 0.493 e. The van der Waals surface area contributed by atoms with E-state index in [-0.39, 0.29) is 23.6 Å². The molecule has 0 bridgehead atoms. The third-order valence-corrected chi connectivity index (χ3v) is 5.48. The number of nitrogens with zero attached hydrogens (tertiary/aromatic N) is 1. The van der Waals surface area contributed by atoms with E-state index in [0.717, 1.165) is 29.7 Å². The summed E-state index contributed by atoms with van der Waals surface area (Å²) in [5.41, 5.74) is 2.41. The fourth-order valence-electron chi connectivity index (χ4n) is 3.86. The lowest BCUT2D eigenvalue weighted by atomic mass is 9.90. The molecule has 0 amide bonds. The first-order valence-corrected chi connectivity index (χ1v) is 10.9. The molecule has 2 heterocycles. The molecule has 0 fully saturated rings. The van der Waals surface area contributed by atoms with Crippen LogP contribution in [0.3, 0.4) is 0 Å². The zero-order valence-corrected chi connectivity index (χ0v) is 19.1. The molecule has 0 spiro atoms. The topological polar surface area (TPSA) is 85.2 Å². The summed E-state index contributed by atoms with van der Waals surface area (Å²) in [6, 6.07) is 5.47. The Morgan fingerprint density at radius 3 is 2.53 bits per heavy atom. The lowest BCUT2D eigenvalue weighted by Gasteiger charge is -2.31. The van der Waals surface area contributed by atoms with Crippen LogP contribution in [0, 0.1) is 0 Å². The SMILES string of the molecule is CCOC(=O)c1cn2c(cc1=O)-c1cc(OC)c(OCCOCCOC)cc1CC2CC. The Morgan fingerprint density at radius 2 is 1.84 bits per heavy atom. The monoisotopic (exact) mass is 445 g/mol. The minimum absolute atomic E-state index is 0.0536. The molecule has 1 aromatic carbocycles. The van der Waals surface area contributed by atoms with Crippen LogP contribution >= 0.6 is 0 Å². The lowest BCUT2D eigenvalue weighted by Crippen LogP contribution is -2.26. The molecule has 1 aliphatic rings. The molecule has 0 saturated heterocycles. The molecule has 8 nitrogen and oxygen atoms in total. The molecule has 174 valence electrons. The molecule has 8 heteroatoms. The van der Waals surface area contributed by atoms with Gasteiger partial charge in [0, 0.05) is 31.0 Å². The van der Waals surface area contributed by atoms with Gasteiger partial charge in [-0.3, -0.25) is 4.79 Å². The van der Waals surface area contributed by atoms with Crippen LogP contribution in [0.15, 0.2) is 29.2 Å². The van der Waals surface area contributed by atoms with Crippen molar-refractivity contribution in [3.05, 3.63) is 45.7 Å². The number of fused-ring (bicyclic) bond motifs is 3. The summed E-state index contributed by atoms with van der Waals surface area (Å²) < 4.78 is 28.9. The zero-order chi connectivity index (χ0) is 23.1. The maximum atomic E-state index is 12.7. The smallest absolute Gasteiger partial charge is 0.343 e. The number of hydrogen-bond donors (Lipinski definition) is 0. The molecular formula is C24H31NO7. The highest BCUT2D eigenvalue weighted by Gasteiger charge is 2.27. The first-order valence-electron chi connectivity index (χ1n) is 10.9. The summed E-state index contributed by atoms with van der Waals surface area (Å²) in [7, 11) is 3.21. The van der Waals surface area contributed by atoms with Crippen LogP contribution in [0.1, 0.15) is 42.2 Å². The van der Waals surface area contributed by atoms with E-state index >= 15 is 0 Å². The molecule has 32 heavy (non-hydrogen) atoms. The third kappa shape index (κ3) is 5.14. The van der Waals surface area contributed by atoms with Crippen LogP contribution < -0.4 is 14.9 Å². The summed E-state index contributed by atoms with van der Waals surface area (Å²) in [6.07, 6.45) is 3.21. The van der Waals surface area contributed by atoms with Gasteiger partial charge in [-0.1, -0.05) is 6.92 Å². The number of carbonyl (C=O) groups is 1. The van der Waals surface area contributed by atoms with Gasteiger partial charge in [0.15, 0.2) is 16.9 Å². The second-order valence-corrected chi connectivity index (χ2v) is 7.44. The normalized spacial score (nSPS) is 14.4. The average Bonchev–Trinajstić information content (AvgIpc) is 2.79. The van der Waals surface area contributed by atoms with Crippen LogP contribution in [0.4, 0.5) is 0 Å². The minimum Gasteiger partial charge on any atom is -0.493 e. The van der Waals surface area contributed by atoms with Crippen molar-refractivity contribution in [2.75, 3.05) is 47.3 Å². The highest BCUT2D eigenvalue weighted by molar-refractivity contribution is 5.89. The molecule has 0 radical (unpaired) electrons. The Morgan fingerprint density at radius 1 is 1.06 bits per heavy atom.